The summed E-state index contributed by atoms with van der Waals surface area (Å²) in [6, 6.07) is 11.6. The van der Waals surface area contributed by atoms with Crippen molar-refractivity contribution in [3.8, 4) is 5.75 Å². The normalized spacial score (nSPS) is 10.4. The van der Waals surface area contributed by atoms with E-state index >= 15 is 0 Å². The molecule has 3 nitrogen and oxygen atoms in total. The highest BCUT2D eigenvalue weighted by Crippen LogP contribution is 2.28. The first-order valence-electron chi connectivity index (χ1n) is 7.28. The van der Waals surface area contributed by atoms with Crippen LogP contribution in [0.15, 0.2) is 36.4 Å². The van der Waals surface area contributed by atoms with E-state index in [1.54, 1.807) is 13.0 Å². The van der Waals surface area contributed by atoms with Gasteiger partial charge in [0.05, 0.1) is 10.7 Å². The molecule has 0 saturated heterocycles. The van der Waals surface area contributed by atoms with Gasteiger partial charge in [-0.2, -0.15) is 0 Å². The van der Waals surface area contributed by atoms with Crippen LogP contribution >= 0.6 is 11.6 Å². The largest absolute Gasteiger partial charge is 0.489 e. The Morgan fingerprint density at radius 3 is 2.68 bits per heavy atom. The second kappa shape index (κ2) is 7.32. The summed E-state index contributed by atoms with van der Waals surface area (Å²) in [7, 11) is 0. The highest BCUT2D eigenvalue weighted by atomic mass is 35.5. The Bertz CT molecular complexity index is 683. The first-order chi connectivity index (χ1) is 10.5. The van der Waals surface area contributed by atoms with Gasteiger partial charge in [0, 0.05) is 12.0 Å². The lowest BCUT2D eigenvalue weighted by Crippen LogP contribution is -2.12. The molecule has 0 unspecified atom stereocenters. The third-order valence-electron chi connectivity index (χ3n) is 3.40. The molecule has 0 aromatic heterocycles. The van der Waals surface area contributed by atoms with Crippen LogP contribution in [-0.2, 0) is 11.4 Å². The standard InChI is InChI=1S/C18H20ClNO2/c1-4-17(21)20-18-14(6-5-7-15(18)19)11-22-16-9-8-12(2)10-13(16)3/h5-10H,4,11H2,1-3H3,(H,20,21). The van der Waals surface area contributed by atoms with Crippen molar-refractivity contribution in [1.82, 2.24) is 0 Å². The van der Waals surface area contributed by atoms with Gasteiger partial charge in [-0.05, 0) is 31.5 Å². The van der Waals surface area contributed by atoms with Crippen molar-refractivity contribution in [1.29, 1.82) is 0 Å². The number of hydrogen-bond donors (Lipinski definition) is 1. The fraction of sp³-hybridized carbons (Fsp3) is 0.278. The van der Waals surface area contributed by atoms with Crippen molar-refractivity contribution in [2.75, 3.05) is 5.32 Å². The zero-order chi connectivity index (χ0) is 16.1. The number of nitrogens with one attached hydrogen (secondary N) is 1. The molecule has 2 aromatic carbocycles. The Hall–Kier alpha value is -2.00. The van der Waals surface area contributed by atoms with E-state index in [9.17, 15) is 4.79 Å². The highest BCUT2D eigenvalue weighted by Gasteiger charge is 2.11. The van der Waals surface area contributed by atoms with Gasteiger partial charge in [0.15, 0.2) is 0 Å². The number of benzene rings is 2. The quantitative estimate of drug-likeness (QED) is 0.853. The number of rotatable bonds is 5. The molecule has 1 N–H and O–H groups in total. The van der Waals surface area contributed by atoms with Crippen molar-refractivity contribution >= 4 is 23.2 Å². The molecule has 0 aliphatic carbocycles. The third kappa shape index (κ3) is 4.01. The first-order valence-corrected chi connectivity index (χ1v) is 7.66. The van der Waals surface area contributed by atoms with Gasteiger partial charge in [0.25, 0.3) is 0 Å². The summed E-state index contributed by atoms with van der Waals surface area (Å²) in [5.74, 6) is 0.763. The van der Waals surface area contributed by atoms with Crippen LogP contribution < -0.4 is 10.1 Å². The van der Waals surface area contributed by atoms with Crippen LogP contribution in [0.2, 0.25) is 5.02 Å². The van der Waals surface area contributed by atoms with Crippen LogP contribution in [0.4, 0.5) is 5.69 Å². The number of carbonyl (C=O) groups is 1. The van der Waals surface area contributed by atoms with E-state index in [0.717, 1.165) is 16.9 Å². The minimum Gasteiger partial charge on any atom is -0.489 e. The predicted octanol–water partition coefficient (Wildman–Crippen LogP) is 4.88. The Morgan fingerprint density at radius 2 is 2.00 bits per heavy atom. The van der Waals surface area contributed by atoms with Crippen molar-refractivity contribution < 1.29 is 9.53 Å². The first kappa shape index (κ1) is 16.4. The molecule has 0 aliphatic rings. The lowest BCUT2D eigenvalue weighted by atomic mass is 10.1. The topological polar surface area (TPSA) is 38.3 Å². The Morgan fingerprint density at radius 1 is 1.23 bits per heavy atom. The zero-order valence-corrected chi connectivity index (χ0v) is 13.8. The molecule has 0 saturated carbocycles. The van der Waals surface area contributed by atoms with E-state index < -0.39 is 0 Å². The summed E-state index contributed by atoms with van der Waals surface area (Å²) in [5, 5.41) is 3.35. The Labute approximate surface area is 136 Å². The van der Waals surface area contributed by atoms with Crippen molar-refractivity contribution in [2.24, 2.45) is 0 Å². The highest BCUT2D eigenvalue weighted by molar-refractivity contribution is 6.33. The van der Waals surface area contributed by atoms with Crippen molar-refractivity contribution in [3.63, 3.8) is 0 Å². The lowest BCUT2D eigenvalue weighted by Gasteiger charge is -2.14. The van der Waals surface area contributed by atoms with E-state index in [1.165, 1.54) is 5.56 Å². The second-order valence-electron chi connectivity index (χ2n) is 5.23. The average Bonchev–Trinajstić information content (AvgIpc) is 2.49. The second-order valence-corrected chi connectivity index (χ2v) is 5.64. The van der Waals surface area contributed by atoms with Crippen LogP contribution in [0, 0.1) is 13.8 Å². The molecule has 1 amide bonds. The van der Waals surface area contributed by atoms with Crippen LogP contribution in [-0.4, -0.2) is 5.91 Å². The fourth-order valence-electron chi connectivity index (χ4n) is 2.17. The average molecular weight is 318 g/mol. The molecular weight excluding hydrogens is 298 g/mol. The van der Waals surface area contributed by atoms with Gasteiger partial charge in [-0.1, -0.05) is 48.4 Å². The molecule has 0 fully saturated rings. The number of ether oxygens (including phenoxy) is 1. The van der Waals surface area contributed by atoms with Crippen LogP contribution in [0.25, 0.3) is 0 Å². The summed E-state index contributed by atoms with van der Waals surface area (Å²) in [6.45, 7) is 6.22. The number of amides is 1. The summed E-state index contributed by atoms with van der Waals surface area (Å²) < 4.78 is 5.88. The lowest BCUT2D eigenvalue weighted by molar-refractivity contribution is -0.115. The molecule has 22 heavy (non-hydrogen) atoms. The molecule has 2 rings (SSSR count). The fourth-order valence-corrected chi connectivity index (χ4v) is 2.42. The van der Waals surface area contributed by atoms with Gasteiger partial charge in [0.1, 0.15) is 12.4 Å². The van der Waals surface area contributed by atoms with Crippen LogP contribution in [0.5, 0.6) is 5.75 Å². The molecule has 0 radical (unpaired) electrons. The molecule has 0 aliphatic heterocycles. The SMILES string of the molecule is CCC(=O)Nc1c(Cl)cccc1COc1ccc(C)cc1C. The monoisotopic (exact) mass is 317 g/mol. The molecule has 0 atom stereocenters. The minimum absolute atomic E-state index is 0.0686. The molecule has 0 bridgehead atoms. The molecule has 2 aromatic rings. The maximum atomic E-state index is 11.6. The van der Waals surface area contributed by atoms with Gasteiger partial charge in [-0.25, -0.2) is 0 Å². The molecular formula is C18H20ClNO2. The van der Waals surface area contributed by atoms with E-state index in [0.29, 0.717) is 23.7 Å². The smallest absolute Gasteiger partial charge is 0.224 e. The summed E-state index contributed by atoms with van der Waals surface area (Å²) >= 11 is 6.19. The van der Waals surface area contributed by atoms with Gasteiger partial charge < -0.3 is 10.1 Å². The van der Waals surface area contributed by atoms with E-state index in [4.69, 9.17) is 16.3 Å². The molecule has 116 valence electrons. The number of halogens is 1. The predicted molar refractivity (Wildman–Crippen MR) is 90.6 cm³/mol. The Kier molecular flexibility index (Phi) is 5.45. The van der Waals surface area contributed by atoms with Crippen LogP contribution in [0.1, 0.15) is 30.0 Å². The van der Waals surface area contributed by atoms with Gasteiger partial charge in [-0.15, -0.1) is 0 Å². The van der Waals surface area contributed by atoms with E-state index in [1.807, 2.05) is 38.1 Å². The summed E-state index contributed by atoms with van der Waals surface area (Å²) in [5.41, 5.74) is 3.76. The molecule has 0 heterocycles. The maximum Gasteiger partial charge on any atom is 0.224 e. The van der Waals surface area contributed by atoms with E-state index in [2.05, 4.69) is 11.4 Å². The maximum absolute atomic E-state index is 11.6. The molecule has 0 spiro atoms. The minimum atomic E-state index is -0.0686. The van der Waals surface area contributed by atoms with Gasteiger partial charge in [-0.3, -0.25) is 4.79 Å². The van der Waals surface area contributed by atoms with Gasteiger partial charge >= 0.3 is 0 Å². The van der Waals surface area contributed by atoms with E-state index in [-0.39, 0.29) is 5.91 Å². The number of carbonyl (C=O) groups excluding carboxylic acids is 1. The van der Waals surface area contributed by atoms with Crippen LogP contribution in [0.3, 0.4) is 0 Å². The number of hydrogen-bond acceptors (Lipinski definition) is 2. The Balaban J connectivity index is 2.18. The summed E-state index contributed by atoms with van der Waals surface area (Å²) in [4.78, 5) is 11.6. The third-order valence-corrected chi connectivity index (χ3v) is 3.71. The number of aryl methyl sites for hydroxylation is 2. The van der Waals surface area contributed by atoms with Crippen molar-refractivity contribution in [3.05, 3.63) is 58.1 Å². The number of anilines is 1. The zero-order valence-electron chi connectivity index (χ0n) is 13.1. The van der Waals surface area contributed by atoms with Gasteiger partial charge in [0.2, 0.25) is 5.91 Å². The number of para-hydroxylation sites is 1. The summed E-state index contributed by atoms with van der Waals surface area (Å²) in [6.07, 6.45) is 0.405. The van der Waals surface area contributed by atoms with Crippen molar-refractivity contribution in [2.45, 2.75) is 33.8 Å². The molecule has 4 heteroatoms.